The van der Waals surface area contributed by atoms with Gasteiger partial charge >= 0.3 is 0 Å². The quantitative estimate of drug-likeness (QED) is 0.0786. The maximum atomic E-state index is 14.3. The van der Waals surface area contributed by atoms with E-state index in [9.17, 15) is 19.2 Å². The molecule has 12 heteroatoms. The molecule has 8 N–H and O–H groups in total. The van der Waals surface area contributed by atoms with E-state index in [2.05, 4.69) is 26.6 Å². The molecule has 48 heavy (non-hydrogen) atoms. The topological polar surface area (TPSA) is 178 Å². The zero-order valence-corrected chi connectivity index (χ0v) is 29.6. The lowest BCUT2D eigenvalue weighted by molar-refractivity contribution is -0.139. The second-order valence-electron chi connectivity index (χ2n) is 13.1. The summed E-state index contributed by atoms with van der Waals surface area (Å²) in [5.74, 6) is -2.04. The van der Waals surface area contributed by atoms with Crippen LogP contribution in [0.15, 0.2) is 48.5 Å². The van der Waals surface area contributed by atoms with E-state index in [0.29, 0.717) is 43.7 Å². The molecule has 2 atom stereocenters. The van der Waals surface area contributed by atoms with Crippen LogP contribution in [0.5, 0.6) is 0 Å². The summed E-state index contributed by atoms with van der Waals surface area (Å²) in [7, 11) is 0. The molecular formula is C36H52ClN7O4. The van der Waals surface area contributed by atoms with Crippen LogP contribution < -0.4 is 32.3 Å². The highest BCUT2D eigenvalue weighted by atomic mass is 35.5. The molecule has 0 aromatic heterocycles. The summed E-state index contributed by atoms with van der Waals surface area (Å²) in [5, 5.41) is 22.8. The van der Waals surface area contributed by atoms with E-state index >= 15 is 0 Å². The molecule has 1 unspecified atom stereocenters. The number of carbonyl (C=O) groups is 4. The third-order valence-corrected chi connectivity index (χ3v) is 9.53. The van der Waals surface area contributed by atoms with E-state index in [1.165, 1.54) is 0 Å². The van der Waals surface area contributed by atoms with E-state index in [1.54, 1.807) is 26.0 Å². The van der Waals surface area contributed by atoms with Crippen LogP contribution >= 0.6 is 11.6 Å². The molecular weight excluding hydrogens is 630 g/mol. The van der Waals surface area contributed by atoms with Crippen molar-refractivity contribution in [3.05, 3.63) is 70.2 Å². The smallest absolute Gasteiger partial charge is 0.246 e. The van der Waals surface area contributed by atoms with Crippen molar-refractivity contribution in [1.29, 1.82) is 5.41 Å². The molecule has 0 saturated heterocycles. The number of hydrogen-bond donors (Lipinski definition) is 7. The Morgan fingerprint density at radius 3 is 2.00 bits per heavy atom. The Kier molecular flexibility index (Phi) is 13.8. The van der Waals surface area contributed by atoms with Crippen LogP contribution in [-0.4, -0.2) is 53.3 Å². The number of nitrogens with two attached hydrogens (primary N) is 1. The van der Waals surface area contributed by atoms with Crippen LogP contribution in [0.4, 0.5) is 0 Å². The molecule has 2 aromatic rings. The Hall–Kier alpha value is -4.12. The van der Waals surface area contributed by atoms with Crippen molar-refractivity contribution < 1.29 is 19.2 Å². The summed E-state index contributed by atoms with van der Waals surface area (Å²) in [6, 6.07) is 13.7. The highest BCUT2D eigenvalue weighted by Crippen LogP contribution is 2.33. The number of guanidine groups is 1. The van der Waals surface area contributed by atoms with E-state index in [1.807, 2.05) is 57.2 Å². The van der Waals surface area contributed by atoms with Gasteiger partial charge in [0, 0.05) is 17.5 Å². The van der Waals surface area contributed by atoms with Crippen molar-refractivity contribution in [3.63, 3.8) is 0 Å². The lowest BCUT2D eigenvalue weighted by Crippen LogP contribution is -2.64. The van der Waals surface area contributed by atoms with Gasteiger partial charge in [-0.2, -0.15) is 0 Å². The van der Waals surface area contributed by atoms with Gasteiger partial charge < -0.3 is 32.3 Å². The van der Waals surface area contributed by atoms with Gasteiger partial charge in [0.05, 0.1) is 6.04 Å². The molecule has 0 heterocycles. The second-order valence-corrected chi connectivity index (χ2v) is 13.5. The number of rotatable bonds is 16. The first-order chi connectivity index (χ1) is 22.8. The molecule has 0 bridgehead atoms. The first kappa shape index (κ1) is 38.3. The first-order valence-corrected chi connectivity index (χ1v) is 17.3. The Bertz CT molecular complexity index is 1370. The predicted octanol–water partition coefficient (Wildman–Crippen LogP) is 4.36. The third-order valence-electron chi connectivity index (χ3n) is 9.28. The van der Waals surface area contributed by atoms with Gasteiger partial charge in [0.2, 0.25) is 23.6 Å². The Morgan fingerprint density at radius 1 is 0.917 bits per heavy atom. The van der Waals surface area contributed by atoms with E-state index in [-0.39, 0.29) is 30.1 Å². The number of nitrogens with one attached hydrogen (secondary N) is 6. The molecule has 1 fully saturated rings. The fourth-order valence-corrected chi connectivity index (χ4v) is 6.16. The summed E-state index contributed by atoms with van der Waals surface area (Å²) < 4.78 is 0. The number of carbonyl (C=O) groups excluding carboxylic acids is 4. The normalized spacial score (nSPS) is 15.2. The summed E-state index contributed by atoms with van der Waals surface area (Å²) >= 11 is 6.18. The minimum atomic E-state index is -1.21. The number of aryl methyl sites for hydroxylation is 1. The molecule has 0 radical (unpaired) electrons. The Balaban J connectivity index is 1.90. The average molecular weight is 682 g/mol. The summed E-state index contributed by atoms with van der Waals surface area (Å²) in [5.41, 5.74) is 5.87. The van der Waals surface area contributed by atoms with Crippen molar-refractivity contribution in [2.45, 2.75) is 109 Å². The first-order valence-electron chi connectivity index (χ1n) is 16.9. The summed E-state index contributed by atoms with van der Waals surface area (Å²) in [6.45, 7) is 9.46. The highest BCUT2D eigenvalue weighted by molar-refractivity contribution is 6.30. The number of amides is 4. The SMILES string of the molecule is CCC(CC)(NC(=O)C(C)C)C(=O)N[C@@H](CCCNC(=N)N)C(=O)NC1(C(=O)NC(c2ccc(C)cc2)c2ccc(Cl)cc2)CCCC1. The van der Waals surface area contributed by atoms with Gasteiger partial charge in [-0.3, -0.25) is 24.6 Å². The van der Waals surface area contributed by atoms with E-state index < -0.39 is 35.0 Å². The van der Waals surface area contributed by atoms with Crippen LogP contribution in [0, 0.1) is 18.3 Å². The van der Waals surface area contributed by atoms with Crippen LogP contribution in [0.1, 0.15) is 102 Å². The minimum absolute atomic E-state index is 0.196. The van der Waals surface area contributed by atoms with Crippen molar-refractivity contribution in [2.75, 3.05) is 6.54 Å². The van der Waals surface area contributed by atoms with Crippen molar-refractivity contribution in [2.24, 2.45) is 11.7 Å². The van der Waals surface area contributed by atoms with E-state index in [4.69, 9.17) is 22.7 Å². The van der Waals surface area contributed by atoms with Crippen LogP contribution in [0.3, 0.4) is 0 Å². The largest absolute Gasteiger partial charge is 0.370 e. The molecule has 11 nitrogen and oxygen atoms in total. The van der Waals surface area contributed by atoms with Crippen molar-refractivity contribution in [1.82, 2.24) is 26.6 Å². The molecule has 3 rings (SSSR count). The lowest BCUT2D eigenvalue weighted by Gasteiger charge is -2.36. The van der Waals surface area contributed by atoms with Crippen LogP contribution in [0.2, 0.25) is 5.02 Å². The Labute approximate surface area is 289 Å². The zero-order chi connectivity index (χ0) is 35.5. The van der Waals surface area contributed by atoms with Gasteiger partial charge in [0.25, 0.3) is 0 Å². The van der Waals surface area contributed by atoms with Crippen LogP contribution in [0.25, 0.3) is 0 Å². The molecule has 0 aliphatic heterocycles. The Morgan fingerprint density at radius 2 is 1.48 bits per heavy atom. The average Bonchev–Trinajstić information content (AvgIpc) is 3.54. The van der Waals surface area contributed by atoms with Gasteiger partial charge in [0.1, 0.15) is 17.1 Å². The fourth-order valence-electron chi connectivity index (χ4n) is 6.03. The predicted molar refractivity (Wildman–Crippen MR) is 189 cm³/mol. The third kappa shape index (κ3) is 9.95. The molecule has 0 spiro atoms. The minimum Gasteiger partial charge on any atom is -0.370 e. The van der Waals surface area contributed by atoms with Crippen LogP contribution in [-0.2, 0) is 19.2 Å². The lowest BCUT2D eigenvalue weighted by atomic mass is 9.89. The van der Waals surface area contributed by atoms with Crippen molar-refractivity contribution in [3.8, 4) is 0 Å². The van der Waals surface area contributed by atoms with Gasteiger partial charge in [-0.1, -0.05) is 94.1 Å². The van der Waals surface area contributed by atoms with E-state index in [0.717, 1.165) is 29.5 Å². The molecule has 4 amide bonds. The molecule has 262 valence electrons. The van der Waals surface area contributed by atoms with Gasteiger partial charge in [-0.05, 0) is 68.7 Å². The second kappa shape index (κ2) is 17.3. The maximum absolute atomic E-state index is 14.3. The number of halogens is 1. The standard InChI is InChI=1S/C36H52ClN7O4/c1-6-35(7-2,43-30(45)23(3)4)32(47)41-28(11-10-22-40-34(38)39)31(46)44-36(20-8-9-21-36)33(48)42-29(25-14-12-24(5)13-15-25)26-16-18-27(37)19-17-26/h12-19,23,28-29H,6-11,20-22H2,1-5H3,(H,41,47)(H,42,48)(H,43,45)(H,44,46)(H4,38,39,40)/t28-,29?/m0/s1. The summed E-state index contributed by atoms with van der Waals surface area (Å²) in [6.07, 6.45) is 3.66. The maximum Gasteiger partial charge on any atom is 0.246 e. The molecule has 1 saturated carbocycles. The van der Waals surface area contributed by atoms with Gasteiger partial charge in [-0.25, -0.2) is 0 Å². The molecule has 2 aromatic carbocycles. The fraction of sp³-hybridized carbons (Fsp3) is 0.528. The van der Waals surface area contributed by atoms with Crippen molar-refractivity contribution >= 4 is 41.2 Å². The molecule has 1 aliphatic carbocycles. The van der Waals surface area contributed by atoms with Gasteiger partial charge in [0.15, 0.2) is 5.96 Å². The summed E-state index contributed by atoms with van der Waals surface area (Å²) in [4.78, 5) is 54.9. The molecule has 1 aliphatic rings. The van der Waals surface area contributed by atoms with Gasteiger partial charge in [-0.15, -0.1) is 0 Å². The monoisotopic (exact) mass is 681 g/mol. The number of hydrogen-bond acceptors (Lipinski definition) is 5. The highest BCUT2D eigenvalue weighted by Gasteiger charge is 2.45. The number of benzene rings is 2. The zero-order valence-electron chi connectivity index (χ0n) is 28.8.